The standard InChI is InChI=1S/C15H21ClN2O2/c1-11-6-7-13(9-15(11)18(19)20)14(16)10-17-8-4-3-5-12(17)2/h6-7,9,12,14H,3-5,8,10H2,1-2H3. The molecule has 2 unspecified atom stereocenters. The minimum atomic E-state index is -0.341. The fourth-order valence-electron chi connectivity index (χ4n) is 2.76. The molecule has 5 heteroatoms. The lowest BCUT2D eigenvalue weighted by atomic mass is 10.0. The Bertz CT molecular complexity index is 493. The van der Waals surface area contributed by atoms with Crippen molar-refractivity contribution in [2.75, 3.05) is 13.1 Å². The van der Waals surface area contributed by atoms with E-state index in [1.165, 1.54) is 19.3 Å². The van der Waals surface area contributed by atoms with Crippen LogP contribution in [0.1, 0.15) is 42.7 Å². The van der Waals surface area contributed by atoms with Crippen molar-refractivity contribution in [1.29, 1.82) is 0 Å². The fourth-order valence-corrected chi connectivity index (χ4v) is 3.07. The number of likely N-dealkylation sites (tertiary alicyclic amines) is 1. The van der Waals surface area contributed by atoms with Gasteiger partial charge in [-0.3, -0.25) is 15.0 Å². The Morgan fingerprint density at radius 2 is 2.25 bits per heavy atom. The fraction of sp³-hybridized carbons (Fsp3) is 0.600. The molecule has 1 aromatic carbocycles. The van der Waals surface area contributed by atoms with E-state index < -0.39 is 0 Å². The molecule has 0 bridgehead atoms. The highest BCUT2D eigenvalue weighted by atomic mass is 35.5. The van der Waals surface area contributed by atoms with Crippen LogP contribution in [0.5, 0.6) is 0 Å². The van der Waals surface area contributed by atoms with Crippen LogP contribution >= 0.6 is 11.6 Å². The zero-order chi connectivity index (χ0) is 14.7. The molecule has 1 aromatic rings. The van der Waals surface area contributed by atoms with Gasteiger partial charge in [0, 0.05) is 24.2 Å². The Labute approximate surface area is 124 Å². The summed E-state index contributed by atoms with van der Waals surface area (Å²) in [6.07, 6.45) is 3.69. The van der Waals surface area contributed by atoms with Gasteiger partial charge in [0.25, 0.3) is 5.69 Å². The van der Waals surface area contributed by atoms with Crippen molar-refractivity contribution in [2.24, 2.45) is 0 Å². The third kappa shape index (κ3) is 3.49. The molecule has 1 fully saturated rings. The first-order valence-electron chi connectivity index (χ1n) is 7.12. The number of aryl methyl sites for hydroxylation is 1. The molecule has 0 saturated carbocycles. The lowest BCUT2D eigenvalue weighted by Crippen LogP contribution is -2.39. The number of nitrogens with zero attached hydrogens (tertiary/aromatic N) is 2. The van der Waals surface area contributed by atoms with Gasteiger partial charge in [-0.2, -0.15) is 0 Å². The predicted octanol–water partition coefficient (Wildman–Crippen LogP) is 4.06. The highest BCUT2D eigenvalue weighted by Crippen LogP contribution is 2.29. The molecule has 0 aromatic heterocycles. The van der Waals surface area contributed by atoms with E-state index in [1.807, 2.05) is 6.07 Å². The number of piperidine rings is 1. The summed E-state index contributed by atoms with van der Waals surface area (Å²) in [5, 5.41) is 10.8. The highest BCUT2D eigenvalue weighted by molar-refractivity contribution is 6.21. The van der Waals surface area contributed by atoms with Gasteiger partial charge in [0.15, 0.2) is 0 Å². The van der Waals surface area contributed by atoms with Gasteiger partial charge in [0.2, 0.25) is 0 Å². The van der Waals surface area contributed by atoms with E-state index in [4.69, 9.17) is 11.6 Å². The van der Waals surface area contributed by atoms with E-state index in [1.54, 1.807) is 19.1 Å². The average molecular weight is 297 g/mol. The molecular formula is C15H21ClN2O2. The summed E-state index contributed by atoms with van der Waals surface area (Å²) in [7, 11) is 0. The monoisotopic (exact) mass is 296 g/mol. The summed E-state index contributed by atoms with van der Waals surface area (Å²) >= 11 is 6.47. The number of nitro groups is 1. The second-order valence-electron chi connectivity index (χ2n) is 5.61. The molecule has 1 heterocycles. The zero-order valence-corrected chi connectivity index (χ0v) is 12.8. The van der Waals surface area contributed by atoms with E-state index >= 15 is 0 Å². The number of nitro benzene ring substituents is 1. The molecule has 1 aliphatic rings. The molecule has 2 atom stereocenters. The number of rotatable bonds is 4. The molecule has 0 amide bonds. The Balaban J connectivity index is 2.10. The maximum Gasteiger partial charge on any atom is 0.272 e. The van der Waals surface area contributed by atoms with Gasteiger partial charge in [0.1, 0.15) is 0 Å². The van der Waals surface area contributed by atoms with Crippen LogP contribution in [0.2, 0.25) is 0 Å². The van der Waals surface area contributed by atoms with Crippen LogP contribution in [0.4, 0.5) is 5.69 Å². The summed E-state index contributed by atoms with van der Waals surface area (Å²) in [4.78, 5) is 13.0. The minimum absolute atomic E-state index is 0.153. The molecule has 0 spiro atoms. The smallest absolute Gasteiger partial charge is 0.272 e. The van der Waals surface area contributed by atoms with E-state index in [2.05, 4.69) is 11.8 Å². The molecule has 1 aliphatic heterocycles. The number of halogens is 1. The van der Waals surface area contributed by atoms with Gasteiger partial charge in [0.05, 0.1) is 10.3 Å². The quantitative estimate of drug-likeness (QED) is 0.478. The van der Waals surface area contributed by atoms with Gasteiger partial charge < -0.3 is 0 Å². The first kappa shape index (κ1) is 15.3. The lowest BCUT2D eigenvalue weighted by Gasteiger charge is -2.34. The number of hydrogen-bond acceptors (Lipinski definition) is 3. The van der Waals surface area contributed by atoms with Gasteiger partial charge >= 0.3 is 0 Å². The predicted molar refractivity (Wildman–Crippen MR) is 81.3 cm³/mol. The van der Waals surface area contributed by atoms with E-state index in [-0.39, 0.29) is 16.0 Å². The van der Waals surface area contributed by atoms with Crippen LogP contribution in [0.3, 0.4) is 0 Å². The first-order valence-corrected chi connectivity index (χ1v) is 7.55. The molecule has 1 saturated heterocycles. The van der Waals surface area contributed by atoms with Crippen molar-refractivity contribution in [2.45, 2.75) is 44.5 Å². The highest BCUT2D eigenvalue weighted by Gasteiger charge is 2.23. The molecule has 0 aliphatic carbocycles. The van der Waals surface area contributed by atoms with Gasteiger partial charge in [-0.05, 0) is 38.8 Å². The van der Waals surface area contributed by atoms with Gasteiger partial charge in [-0.15, -0.1) is 11.6 Å². The second kappa shape index (κ2) is 6.55. The van der Waals surface area contributed by atoms with Crippen LogP contribution < -0.4 is 0 Å². The summed E-state index contributed by atoms with van der Waals surface area (Å²) in [5.41, 5.74) is 1.66. The minimum Gasteiger partial charge on any atom is -0.299 e. The zero-order valence-electron chi connectivity index (χ0n) is 12.0. The first-order chi connectivity index (χ1) is 9.49. The Morgan fingerprint density at radius 1 is 1.50 bits per heavy atom. The van der Waals surface area contributed by atoms with Crippen LogP contribution in [0, 0.1) is 17.0 Å². The summed E-state index contributed by atoms with van der Waals surface area (Å²) in [5.74, 6) is 0. The Hall–Kier alpha value is -1.13. The van der Waals surface area contributed by atoms with Crippen LogP contribution in [0.25, 0.3) is 0 Å². The molecular weight excluding hydrogens is 276 g/mol. The van der Waals surface area contributed by atoms with Crippen molar-refractivity contribution in [3.8, 4) is 0 Å². The third-order valence-electron chi connectivity index (χ3n) is 4.13. The lowest BCUT2D eigenvalue weighted by molar-refractivity contribution is -0.385. The van der Waals surface area contributed by atoms with Gasteiger partial charge in [-0.25, -0.2) is 0 Å². The van der Waals surface area contributed by atoms with Crippen molar-refractivity contribution >= 4 is 17.3 Å². The maximum absolute atomic E-state index is 11.0. The summed E-state index contributed by atoms with van der Waals surface area (Å²) in [6.45, 7) is 5.79. The molecule has 2 rings (SSSR count). The second-order valence-corrected chi connectivity index (χ2v) is 6.14. The molecule has 110 valence electrons. The number of benzene rings is 1. The topological polar surface area (TPSA) is 46.4 Å². The Morgan fingerprint density at radius 3 is 2.90 bits per heavy atom. The molecule has 0 radical (unpaired) electrons. The van der Waals surface area contributed by atoms with Crippen molar-refractivity contribution in [3.05, 3.63) is 39.4 Å². The van der Waals surface area contributed by atoms with E-state index in [0.717, 1.165) is 18.7 Å². The average Bonchev–Trinajstić information content (AvgIpc) is 2.41. The van der Waals surface area contributed by atoms with Crippen molar-refractivity contribution < 1.29 is 4.92 Å². The number of alkyl halides is 1. The third-order valence-corrected chi connectivity index (χ3v) is 4.52. The number of hydrogen-bond donors (Lipinski definition) is 0. The summed E-state index contributed by atoms with van der Waals surface area (Å²) < 4.78 is 0. The maximum atomic E-state index is 11.0. The van der Waals surface area contributed by atoms with E-state index in [0.29, 0.717) is 11.6 Å². The van der Waals surface area contributed by atoms with Crippen LogP contribution in [-0.4, -0.2) is 29.0 Å². The van der Waals surface area contributed by atoms with Crippen LogP contribution in [0.15, 0.2) is 18.2 Å². The van der Waals surface area contributed by atoms with Crippen LogP contribution in [-0.2, 0) is 0 Å². The van der Waals surface area contributed by atoms with Gasteiger partial charge in [-0.1, -0.05) is 18.6 Å². The normalized spacial score (nSPS) is 21.6. The van der Waals surface area contributed by atoms with Crippen molar-refractivity contribution in [1.82, 2.24) is 4.90 Å². The van der Waals surface area contributed by atoms with Crippen molar-refractivity contribution in [3.63, 3.8) is 0 Å². The molecule has 0 N–H and O–H groups in total. The molecule has 4 nitrogen and oxygen atoms in total. The largest absolute Gasteiger partial charge is 0.299 e. The SMILES string of the molecule is Cc1ccc(C(Cl)CN2CCCCC2C)cc1[N+](=O)[O-]. The molecule has 20 heavy (non-hydrogen) atoms. The van der Waals surface area contributed by atoms with E-state index in [9.17, 15) is 10.1 Å². The summed E-state index contributed by atoms with van der Waals surface area (Å²) in [6, 6.07) is 5.84. The Kier molecular flexibility index (Phi) is 5.00.